The van der Waals surface area contributed by atoms with Crippen molar-refractivity contribution in [1.82, 2.24) is 15.5 Å². The van der Waals surface area contributed by atoms with E-state index in [0.717, 1.165) is 0 Å². The molecule has 3 amide bonds. The third kappa shape index (κ3) is 4.99. The number of hydrogen-bond donors (Lipinski definition) is 4. The van der Waals surface area contributed by atoms with Crippen LogP contribution in [0.2, 0.25) is 0 Å². The molecule has 1 rings (SSSR count). The molecule has 0 radical (unpaired) electrons. The summed E-state index contributed by atoms with van der Waals surface area (Å²) < 4.78 is 0. The highest BCUT2D eigenvalue weighted by Gasteiger charge is 2.30. The summed E-state index contributed by atoms with van der Waals surface area (Å²) in [5, 5.41) is 23.4. The molecule has 0 saturated carbocycles. The molecular formula is C11H21N3O4. The Labute approximate surface area is 106 Å². The lowest BCUT2D eigenvalue weighted by atomic mass is 10.2. The van der Waals surface area contributed by atoms with Gasteiger partial charge < -0.3 is 15.5 Å². The van der Waals surface area contributed by atoms with Crippen molar-refractivity contribution in [3.8, 4) is 0 Å². The number of likely N-dealkylation sites (tertiary alicyclic amines) is 1. The van der Waals surface area contributed by atoms with Crippen LogP contribution in [0.5, 0.6) is 0 Å². The summed E-state index contributed by atoms with van der Waals surface area (Å²) in [7, 11) is 0. The van der Waals surface area contributed by atoms with Gasteiger partial charge in [0, 0.05) is 19.6 Å². The number of amides is 3. The van der Waals surface area contributed by atoms with Crippen LogP contribution in [0.3, 0.4) is 0 Å². The van der Waals surface area contributed by atoms with E-state index in [9.17, 15) is 19.8 Å². The van der Waals surface area contributed by atoms with Crippen molar-refractivity contribution in [2.45, 2.75) is 26.1 Å². The Hall–Kier alpha value is -1.18. The third-order valence-corrected chi connectivity index (χ3v) is 2.63. The molecule has 0 spiro atoms. The van der Waals surface area contributed by atoms with Gasteiger partial charge in [0.05, 0.1) is 18.8 Å². The SMILES string of the molecule is CC(C)CNC(=O)NC(=O)CN1C[C@@H](O)[C@@H](O)C1. The molecule has 0 bridgehead atoms. The van der Waals surface area contributed by atoms with Crippen molar-refractivity contribution >= 4 is 11.9 Å². The molecule has 104 valence electrons. The fourth-order valence-corrected chi connectivity index (χ4v) is 1.69. The first-order valence-corrected chi connectivity index (χ1v) is 6.04. The van der Waals surface area contributed by atoms with Crippen molar-refractivity contribution in [1.29, 1.82) is 0 Å². The largest absolute Gasteiger partial charge is 0.389 e. The molecule has 1 fully saturated rings. The van der Waals surface area contributed by atoms with Crippen molar-refractivity contribution in [3.05, 3.63) is 0 Å². The first-order chi connectivity index (χ1) is 8.38. The summed E-state index contributed by atoms with van der Waals surface area (Å²) in [5.41, 5.74) is 0. The van der Waals surface area contributed by atoms with E-state index in [1.165, 1.54) is 0 Å². The van der Waals surface area contributed by atoms with Crippen molar-refractivity contribution in [2.24, 2.45) is 5.92 Å². The number of carbonyl (C=O) groups is 2. The Bertz CT molecular complexity index is 299. The highest BCUT2D eigenvalue weighted by molar-refractivity contribution is 5.95. The summed E-state index contributed by atoms with van der Waals surface area (Å²) in [4.78, 5) is 24.4. The summed E-state index contributed by atoms with van der Waals surface area (Å²) in [6.07, 6.45) is -1.65. The third-order valence-electron chi connectivity index (χ3n) is 2.63. The molecule has 0 unspecified atom stereocenters. The van der Waals surface area contributed by atoms with Gasteiger partial charge in [-0.05, 0) is 5.92 Å². The maximum Gasteiger partial charge on any atom is 0.321 e. The number of carbonyl (C=O) groups excluding carboxylic acids is 2. The molecule has 2 atom stereocenters. The molecule has 1 heterocycles. The molecule has 0 aliphatic carbocycles. The molecule has 1 aliphatic heterocycles. The van der Waals surface area contributed by atoms with E-state index < -0.39 is 24.1 Å². The molecule has 0 aromatic heterocycles. The van der Waals surface area contributed by atoms with Crippen LogP contribution in [0.25, 0.3) is 0 Å². The number of aliphatic hydroxyl groups is 2. The van der Waals surface area contributed by atoms with Crippen molar-refractivity contribution in [3.63, 3.8) is 0 Å². The fraction of sp³-hybridized carbons (Fsp3) is 0.818. The van der Waals surface area contributed by atoms with Gasteiger partial charge in [-0.3, -0.25) is 15.0 Å². The standard InChI is InChI=1S/C11H21N3O4/c1-7(2)3-12-11(18)13-10(17)6-14-4-8(15)9(16)5-14/h7-9,15-16H,3-6H2,1-2H3,(H2,12,13,17,18)/t8-,9+. The average molecular weight is 259 g/mol. The van der Waals surface area contributed by atoms with E-state index in [0.29, 0.717) is 12.5 Å². The minimum absolute atomic E-state index is 0.0107. The zero-order valence-corrected chi connectivity index (χ0v) is 10.7. The Morgan fingerprint density at radius 2 is 1.83 bits per heavy atom. The second-order valence-electron chi connectivity index (χ2n) is 4.98. The van der Waals surface area contributed by atoms with E-state index in [-0.39, 0.29) is 19.6 Å². The van der Waals surface area contributed by atoms with Crippen molar-refractivity contribution < 1.29 is 19.8 Å². The lowest BCUT2D eigenvalue weighted by Gasteiger charge is -2.14. The quantitative estimate of drug-likeness (QED) is 0.492. The van der Waals surface area contributed by atoms with Crippen molar-refractivity contribution in [2.75, 3.05) is 26.2 Å². The summed E-state index contributed by atoms with van der Waals surface area (Å²) in [5.74, 6) is -0.132. The van der Waals surface area contributed by atoms with Gasteiger partial charge in [-0.2, -0.15) is 0 Å². The van der Waals surface area contributed by atoms with Crippen LogP contribution < -0.4 is 10.6 Å². The smallest absolute Gasteiger partial charge is 0.321 e. The highest BCUT2D eigenvalue weighted by atomic mass is 16.3. The second-order valence-corrected chi connectivity index (χ2v) is 4.98. The van der Waals surface area contributed by atoms with Crippen LogP contribution in [0.1, 0.15) is 13.8 Å². The Kier molecular flexibility index (Phi) is 5.52. The Morgan fingerprint density at radius 1 is 1.28 bits per heavy atom. The molecule has 4 N–H and O–H groups in total. The van der Waals surface area contributed by atoms with Gasteiger partial charge in [0.15, 0.2) is 0 Å². The molecule has 0 aromatic carbocycles. The zero-order chi connectivity index (χ0) is 13.7. The van der Waals surface area contributed by atoms with Crippen LogP contribution in [-0.4, -0.2) is 65.4 Å². The predicted molar refractivity (Wildman–Crippen MR) is 64.8 cm³/mol. The zero-order valence-electron chi connectivity index (χ0n) is 10.7. The average Bonchev–Trinajstić information content (AvgIpc) is 2.54. The number of nitrogens with zero attached hydrogens (tertiary/aromatic N) is 1. The van der Waals surface area contributed by atoms with Crippen LogP contribution in [0.15, 0.2) is 0 Å². The predicted octanol–water partition coefficient (Wildman–Crippen LogP) is -1.49. The van der Waals surface area contributed by atoms with Gasteiger partial charge >= 0.3 is 6.03 Å². The van der Waals surface area contributed by atoms with Gasteiger partial charge in [-0.1, -0.05) is 13.8 Å². The van der Waals surface area contributed by atoms with Gasteiger partial charge in [-0.25, -0.2) is 4.79 Å². The molecular weight excluding hydrogens is 238 g/mol. The molecule has 1 saturated heterocycles. The van der Waals surface area contributed by atoms with E-state index >= 15 is 0 Å². The molecule has 7 nitrogen and oxygen atoms in total. The summed E-state index contributed by atoms with van der Waals surface area (Å²) in [6.45, 7) is 4.87. The van der Waals surface area contributed by atoms with Gasteiger partial charge in [0.25, 0.3) is 0 Å². The van der Waals surface area contributed by atoms with Gasteiger partial charge in [0.1, 0.15) is 0 Å². The van der Waals surface area contributed by atoms with E-state index in [1.807, 2.05) is 13.8 Å². The minimum atomic E-state index is -0.826. The van der Waals surface area contributed by atoms with Crippen LogP contribution in [-0.2, 0) is 4.79 Å². The van der Waals surface area contributed by atoms with Crippen LogP contribution in [0.4, 0.5) is 4.79 Å². The molecule has 18 heavy (non-hydrogen) atoms. The van der Waals surface area contributed by atoms with E-state index in [2.05, 4.69) is 10.6 Å². The summed E-state index contributed by atoms with van der Waals surface area (Å²) >= 11 is 0. The first kappa shape index (κ1) is 14.9. The number of β-amino-alcohol motifs (C(OH)–C–C–N with tert-alkyl or cyclic N) is 2. The lowest BCUT2D eigenvalue weighted by molar-refractivity contribution is -0.121. The number of rotatable bonds is 4. The molecule has 7 heteroatoms. The topological polar surface area (TPSA) is 102 Å². The number of aliphatic hydroxyl groups excluding tert-OH is 2. The maximum atomic E-state index is 11.5. The maximum absolute atomic E-state index is 11.5. The normalized spacial score (nSPS) is 24.3. The van der Waals surface area contributed by atoms with Gasteiger partial charge in [-0.15, -0.1) is 0 Å². The van der Waals surface area contributed by atoms with E-state index in [4.69, 9.17) is 0 Å². The lowest BCUT2D eigenvalue weighted by Crippen LogP contribution is -2.45. The number of nitrogens with one attached hydrogen (secondary N) is 2. The second kappa shape index (κ2) is 6.67. The minimum Gasteiger partial charge on any atom is -0.389 e. The number of hydrogen-bond acceptors (Lipinski definition) is 5. The number of urea groups is 1. The summed E-state index contributed by atoms with van der Waals surface area (Å²) in [6, 6.07) is -0.519. The van der Waals surface area contributed by atoms with E-state index in [1.54, 1.807) is 4.90 Å². The highest BCUT2D eigenvalue weighted by Crippen LogP contribution is 2.08. The fourth-order valence-electron chi connectivity index (χ4n) is 1.69. The first-order valence-electron chi connectivity index (χ1n) is 6.04. The van der Waals surface area contributed by atoms with Gasteiger partial charge in [0.2, 0.25) is 5.91 Å². The molecule has 0 aromatic rings. The van der Waals surface area contributed by atoms with Crippen LogP contribution >= 0.6 is 0 Å². The molecule has 1 aliphatic rings. The Balaban J connectivity index is 2.23. The number of imide groups is 1. The monoisotopic (exact) mass is 259 g/mol. The Morgan fingerprint density at radius 3 is 2.33 bits per heavy atom. The van der Waals surface area contributed by atoms with Crippen LogP contribution in [0, 0.1) is 5.92 Å².